The second-order valence-electron chi connectivity index (χ2n) is 6.16. The van der Waals surface area contributed by atoms with Crippen LogP contribution in [-0.2, 0) is 14.3 Å². The molecule has 0 aromatic carbocycles. The fourth-order valence-corrected chi connectivity index (χ4v) is 3.33. The molecule has 0 spiro atoms. The second-order valence-corrected chi connectivity index (χ2v) is 7.21. The van der Waals surface area contributed by atoms with Gasteiger partial charge in [-0.15, -0.1) is 0 Å². The number of carbonyl (C=O) groups is 1. The van der Waals surface area contributed by atoms with Crippen molar-refractivity contribution in [1.82, 2.24) is 0 Å². The van der Waals surface area contributed by atoms with E-state index in [4.69, 9.17) is 21.7 Å². The Bertz CT molecular complexity index is 490. The van der Waals surface area contributed by atoms with Crippen LogP contribution >= 0.6 is 28.1 Å². The van der Waals surface area contributed by atoms with Crippen LogP contribution < -0.4 is 0 Å². The third kappa shape index (κ3) is 8.58. The van der Waals surface area contributed by atoms with Crippen LogP contribution in [0.25, 0.3) is 0 Å². The summed E-state index contributed by atoms with van der Waals surface area (Å²) in [5.74, 6) is -0.542. The second kappa shape index (κ2) is 12.7. The lowest BCUT2D eigenvalue weighted by molar-refractivity contribution is -0.163. The van der Waals surface area contributed by atoms with Crippen LogP contribution in [0.3, 0.4) is 0 Å². The van der Waals surface area contributed by atoms with Crippen LogP contribution in [0.1, 0.15) is 51.9 Å². The Hall–Kier alpha value is -0.560. The van der Waals surface area contributed by atoms with Crippen molar-refractivity contribution in [2.45, 2.75) is 57.5 Å². The van der Waals surface area contributed by atoms with Crippen molar-refractivity contribution in [3.05, 3.63) is 23.8 Å². The summed E-state index contributed by atoms with van der Waals surface area (Å²) in [5.41, 5.74) is -0.196. The van der Waals surface area contributed by atoms with Gasteiger partial charge in [-0.05, 0) is 38.2 Å². The third-order valence-electron chi connectivity index (χ3n) is 4.12. The summed E-state index contributed by atoms with van der Waals surface area (Å²) in [6.45, 7) is 3.45. The first-order chi connectivity index (χ1) is 12.0. The van der Waals surface area contributed by atoms with E-state index < -0.39 is 11.6 Å². The van der Waals surface area contributed by atoms with Gasteiger partial charge in [0.05, 0.1) is 13.2 Å². The zero-order chi connectivity index (χ0) is 18.5. The van der Waals surface area contributed by atoms with E-state index in [2.05, 4.69) is 34.2 Å². The Morgan fingerprint density at radius 1 is 1.32 bits per heavy atom. The molecule has 6 heteroatoms. The zero-order valence-corrected chi connectivity index (χ0v) is 17.4. The quantitative estimate of drug-likeness (QED) is 0.203. The number of rotatable bonds is 13. The summed E-state index contributed by atoms with van der Waals surface area (Å²) >= 11 is 8.52. The highest BCUT2D eigenvalue weighted by Crippen LogP contribution is 2.20. The molecule has 1 aliphatic rings. The summed E-state index contributed by atoms with van der Waals surface area (Å²) in [5, 5.41) is 10.5. The predicted molar refractivity (Wildman–Crippen MR) is 108 cm³/mol. The van der Waals surface area contributed by atoms with Crippen molar-refractivity contribution in [3.63, 3.8) is 0 Å². The Morgan fingerprint density at radius 3 is 2.76 bits per heavy atom. The maximum absolute atomic E-state index is 11.7. The van der Waals surface area contributed by atoms with Gasteiger partial charge in [0.2, 0.25) is 0 Å². The van der Waals surface area contributed by atoms with E-state index in [1.807, 2.05) is 0 Å². The van der Waals surface area contributed by atoms with E-state index in [1.165, 1.54) is 5.57 Å². The standard InChI is InChI=1S/C19H29BrO4S/c1-2-24-18(21)19(22,15-20)12-7-3-4-8-13-23-14-11-16-9-5-6-10-17(16)25/h5-6,9,22H,2-4,7-8,10-15H2,1H3. The zero-order valence-electron chi connectivity index (χ0n) is 15.0. The number of allylic oxidation sites excluding steroid dienone is 3. The Labute approximate surface area is 164 Å². The molecular weight excluding hydrogens is 404 g/mol. The molecule has 1 N–H and O–H groups in total. The molecule has 25 heavy (non-hydrogen) atoms. The highest BCUT2D eigenvalue weighted by molar-refractivity contribution is 9.09. The molecule has 1 atom stereocenters. The minimum Gasteiger partial charge on any atom is -0.464 e. The minimum absolute atomic E-state index is 0.203. The summed E-state index contributed by atoms with van der Waals surface area (Å²) in [6, 6.07) is 0. The van der Waals surface area contributed by atoms with Gasteiger partial charge in [0.25, 0.3) is 0 Å². The molecule has 0 amide bonds. The molecule has 1 unspecified atom stereocenters. The summed E-state index contributed by atoms with van der Waals surface area (Å²) in [6.07, 6.45) is 12.1. The van der Waals surface area contributed by atoms with Crippen molar-refractivity contribution in [2.24, 2.45) is 0 Å². The van der Waals surface area contributed by atoms with E-state index in [-0.39, 0.29) is 11.9 Å². The molecule has 0 saturated heterocycles. The number of ether oxygens (including phenoxy) is 2. The van der Waals surface area contributed by atoms with Crippen LogP contribution in [0, 0.1) is 0 Å². The van der Waals surface area contributed by atoms with Gasteiger partial charge in [0.15, 0.2) is 5.60 Å². The van der Waals surface area contributed by atoms with Gasteiger partial charge in [-0.1, -0.05) is 59.2 Å². The van der Waals surface area contributed by atoms with E-state index >= 15 is 0 Å². The van der Waals surface area contributed by atoms with E-state index in [0.717, 1.165) is 50.0 Å². The summed E-state index contributed by atoms with van der Waals surface area (Å²) < 4.78 is 10.6. The minimum atomic E-state index is -1.41. The predicted octanol–water partition coefficient (Wildman–Crippen LogP) is 4.29. The number of thiocarbonyl (C=S) groups is 1. The highest BCUT2D eigenvalue weighted by atomic mass is 79.9. The topological polar surface area (TPSA) is 55.8 Å². The van der Waals surface area contributed by atoms with Gasteiger partial charge >= 0.3 is 5.97 Å². The average Bonchev–Trinajstić information content (AvgIpc) is 2.61. The molecule has 4 nitrogen and oxygen atoms in total. The molecule has 0 fully saturated rings. The molecule has 0 bridgehead atoms. The van der Waals surface area contributed by atoms with Gasteiger partial charge in [-0.3, -0.25) is 0 Å². The van der Waals surface area contributed by atoms with Gasteiger partial charge in [0.1, 0.15) is 0 Å². The van der Waals surface area contributed by atoms with Gasteiger partial charge < -0.3 is 14.6 Å². The van der Waals surface area contributed by atoms with Crippen LogP contribution in [0.5, 0.6) is 0 Å². The van der Waals surface area contributed by atoms with Crippen molar-refractivity contribution < 1.29 is 19.4 Å². The number of alkyl halides is 1. The highest BCUT2D eigenvalue weighted by Gasteiger charge is 2.35. The average molecular weight is 433 g/mol. The van der Waals surface area contributed by atoms with Gasteiger partial charge in [-0.2, -0.15) is 0 Å². The lowest BCUT2D eigenvalue weighted by Crippen LogP contribution is -2.41. The van der Waals surface area contributed by atoms with E-state index in [9.17, 15) is 9.90 Å². The smallest absolute Gasteiger partial charge is 0.338 e. The molecule has 0 heterocycles. The molecule has 0 radical (unpaired) electrons. The van der Waals surface area contributed by atoms with Gasteiger partial charge in [0, 0.05) is 23.2 Å². The largest absolute Gasteiger partial charge is 0.464 e. The van der Waals surface area contributed by atoms with Crippen molar-refractivity contribution in [1.29, 1.82) is 0 Å². The third-order valence-corrected chi connectivity index (χ3v) is 5.47. The first-order valence-electron chi connectivity index (χ1n) is 8.95. The van der Waals surface area contributed by atoms with Gasteiger partial charge in [-0.25, -0.2) is 4.79 Å². The SMILES string of the molecule is CCOC(=O)C(O)(CBr)CCCCCCOCCC1=CC=CCC1=S. The lowest BCUT2D eigenvalue weighted by Gasteiger charge is -2.23. The fourth-order valence-electron chi connectivity index (χ4n) is 2.55. The Morgan fingerprint density at radius 2 is 2.08 bits per heavy atom. The van der Waals surface area contributed by atoms with Crippen molar-refractivity contribution in [2.75, 3.05) is 25.2 Å². The Kier molecular flexibility index (Phi) is 11.5. The Balaban J connectivity index is 2.04. The molecule has 0 aromatic heterocycles. The molecule has 1 aliphatic carbocycles. The number of esters is 1. The first kappa shape index (κ1) is 22.5. The number of hydrogen-bond acceptors (Lipinski definition) is 5. The van der Waals surface area contributed by atoms with E-state index in [0.29, 0.717) is 13.0 Å². The fraction of sp³-hybridized carbons (Fsp3) is 0.684. The molecule has 142 valence electrons. The van der Waals surface area contributed by atoms with Crippen LogP contribution in [-0.4, -0.2) is 46.7 Å². The first-order valence-corrected chi connectivity index (χ1v) is 10.5. The van der Waals surface area contributed by atoms with E-state index in [1.54, 1.807) is 6.92 Å². The number of aliphatic hydroxyl groups is 1. The number of halogens is 1. The number of hydrogen-bond donors (Lipinski definition) is 1. The molecular formula is C19H29BrO4S. The lowest BCUT2D eigenvalue weighted by atomic mass is 9.98. The van der Waals surface area contributed by atoms with Crippen LogP contribution in [0.15, 0.2) is 23.8 Å². The maximum atomic E-state index is 11.7. The van der Waals surface area contributed by atoms with Crippen molar-refractivity contribution >= 4 is 39.0 Å². The molecule has 0 aromatic rings. The summed E-state index contributed by atoms with van der Waals surface area (Å²) in [4.78, 5) is 12.8. The number of unbranched alkanes of at least 4 members (excludes halogenated alkanes) is 3. The monoisotopic (exact) mass is 432 g/mol. The van der Waals surface area contributed by atoms with Crippen molar-refractivity contribution in [3.8, 4) is 0 Å². The maximum Gasteiger partial charge on any atom is 0.338 e. The molecule has 1 rings (SSSR count). The van der Waals surface area contributed by atoms with Crippen LogP contribution in [0.2, 0.25) is 0 Å². The number of carbonyl (C=O) groups excluding carboxylic acids is 1. The van der Waals surface area contributed by atoms with Crippen LogP contribution in [0.4, 0.5) is 0 Å². The normalized spacial score (nSPS) is 16.4. The summed E-state index contributed by atoms with van der Waals surface area (Å²) in [7, 11) is 0. The molecule has 0 aliphatic heterocycles. The molecule has 0 saturated carbocycles.